The number of amides is 1. The molecule has 1 aliphatic rings. The minimum absolute atomic E-state index is 0.0798. The molecule has 3 rings (SSSR count). The molecule has 1 saturated heterocycles. The largest absolute Gasteiger partial charge is 0.495 e. The molecule has 1 aliphatic heterocycles. The predicted molar refractivity (Wildman–Crippen MR) is 85.1 cm³/mol. The molecular formula is C16H16N2O4S. The average molecular weight is 332 g/mol. The van der Waals surface area contributed by atoms with Crippen LogP contribution in [0.25, 0.3) is 0 Å². The van der Waals surface area contributed by atoms with Gasteiger partial charge >= 0.3 is 5.97 Å². The Morgan fingerprint density at radius 2 is 2.26 bits per heavy atom. The molecule has 1 amide bonds. The van der Waals surface area contributed by atoms with Crippen molar-refractivity contribution >= 4 is 23.2 Å². The summed E-state index contributed by atoms with van der Waals surface area (Å²) in [5.41, 5.74) is 0.975. The number of hydrogen-bond acceptors (Lipinski definition) is 5. The van der Waals surface area contributed by atoms with E-state index in [0.717, 1.165) is 29.9 Å². The monoisotopic (exact) mass is 332 g/mol. The van der Waals surface area contributed by atoms with Crippen LogP contribution in [0, 0.1) is 0 Å². The highest BCUT2D eigenvalue weighted by Crippen LogP contribution is 2.33. The summed E-state index contributed by atoms with van der Waals surface area (Å²) in [6, 6.07) is 5.05. The number of thiophene rings is 1. The van der Waals surface area contributed by atoms with E-state index in [1.54, 1.807) is 18.2 Å². The van der Waals surface area contributed by atoms with Crippen molar-refractivity contribution in [2.75, 3.05) is 13.7 Å². The Bertz CT molecular complexity index is 726. The SMILES string of the molecule is COc1ccc(C2CCCN2C(=O)c2cc(C(=O)O)cs2)nc1. The van der Waals surface area contributed by atoms with Gasteiger partial charge in [0.1, 0.15) is 5.75 Å². The van der Waals surface area contributed by atoms with E-state index in [0.29, 0.717) is 17.2 Å². The average Bonchev–Trinajstić information content (AvgIpc) is 3.23. The normalized spacial score (nSPS) is 17.3. The lowest BCUT2D eigenvalue weighted by Gasteiger charge is -2.23. The van der Waals surface area contributed by atoms with Crippen LogP contribution >= 0.6 is 11.3 Å². The molecule has 7 heteroatoms. The molecule has 2 aromatic heterocycles. The Balaban J connectivity index is 1.82. The van der Waals surface area contributed by atoms with Crippen molar-refractivity contribution in [3.8, 4) is 5.75 Å². The summed E-state index contributed by atoms with van der Waals surface area (Å²) in [4.78, 5) is 30.2. The zero-order chi connectivity index (χ0) is 16.4. The summed E-state index contributed by atoms with van der Waals surface area (Å²) in [6.45, 7) is 0.650. The summed E-state index contributed by atoms with van der Waals surface area (Å²) < 4.78 is 5.10. The maximum atomic E-state index is 12.7. The Hall–Kier alpha value is -2.41. The highest BCUT2D eigenvalue weighted by molar-refractivity contribution is 7.12. The van der Waals surface area contributed by atoms with Gasteiger partial charge in [-0.1, -0.05) is 0 Å². The van der Waals surface area contributed by atoms with Crippen molar-refractivity contribution in [2.45, 2.75) is 18.9 Å². The molecule has 1 N–H and O–H groups in total. The summed E-state index contributed by atoms with van der Waals surface area (Å²) in [5.74, 6) is -0.480. The number of carbonyl (C=O) groups is 2. The van der Waals surface area contributed by atoms with Crippen molar-refractivity contribution in [1.29, 1.82) is 0 Å². The van der Waals surface area contributed by atoms with E-state index >= 15 is 0 Å². The minimum atomic E-state index is -1.02. The lowest BCUT2D eigenvalue weighted by molar-refractivity contribution is 0.0697. The molecule has 3 heterocycles. The molecule has 0 aliphatic carbocycles. The van der Waals surface area contributed by atoms with Gasteiger partial charge in [0.15, 0.2) is 0 Å². The number of carbonyl (C=O) groups excluding carboxylic acids is 1. The molecule has 120 valence electrons. The van der Waals surface area contributed by atoms with E-state index in [1.807, 2.05) is 12.1 Å². The number of rotatable bonds is 4. The fourth-order valence-corrected chi connectivity index (χ4v) is 3.56. The van der Waals surface area contributed by atoms with Crippen LogP contribution in [0.4, 0.5) is 0 Å². The maximum Gasteiger partial charge on any atom is 0.336 e. The van der Waals surface area contributed by atoms with Gasteiger partial charge in [0.05, 0.1) is 35.5 Å². The molecule has 23 heavy (non-hydrogen) atoms. The highest BCUT2D eigenvalue weighted by atomic mass is 32.1. The third kappa shape index (κ3) is 3.05. The second-order valence-corrected chi connectivity index (χ2v) is 6.20. The highest BCUT2D eigenvalue weighted by Gasteiger charge is 2.32. The van der Waals surface area contributed by atoms with Gasteiger partial charge in [-0.3, -0.25) is 9.78 Å². The van der Waals surface area contributed by atoms with Gasteiger partial charge in [-0.05, 0) is 31.0 Å². The number of likely N-dealkylation sites (tertiary alicyclic amines) is 1. The van der Waals surface area contributed by atoms with Crippen molar-refractivity contribution in [3.05, 3.63) is 45.9 Å². The third-order valence-electron chi connectivity index (χ3n) is 3.91. The Labute approximate surface area is 137 Å². The van der Waals surface area contributed by atoms with Gasteiger partial charge in [0.2, 0.25) is 0 Å². The predicted octanol–water partition coefficient (Wildman–Crippen LogP) is 2.83. The van der Waals surface area contributed by atoms with Crippen LogP contribution in [0.2, 0.25) is 0 Å². The van der Waals surface area contributed by atoms with Crippen LogP contribution in [-0.2, 0) is 0 Å². The molecule has 1 unspecified atom stereocenters. The lowest BCUT2D eigenvalue weighted by Crippen LogP contribution is -2.30. The van der Waals surface area contributed by atoms with Gasteiger partial charge in [-0.15, -0.1) is 11.3 Å². The molecule has 0 radical (unpaired) electrons. The molecule has 0 aromatic carbocycles. The molecule has 2 aromatic rings. The summed E-state index contributed by atoms with van der Waals surface area (Å²) in [6.07, 6.45) is 3.40. The molecule has 6 nitrogen and oxygen atoms in total. The first-order valence-electron chi connectivity index (χ1n) is 7.23. The Morgan fingerprint density at radius 1 is 1.43 bits per heavy atom. The number of aromatic nitrogens is 1. The van der Waals surface area contributed by atoms with Gasteiger partial charge in [0.25, 0.3) is 5.91 Å². The number of carboxylic acids is 1. The summed E-state index contributed by atoms with van der Waals surface area (Å²) >= 11 is 1.16. The molecule has 1 fully saturated rings. The minimum Gasteiger partial charge on any atom is -0.495 e. The number of ether oxygens (including phenoxy) is 1. The standard InChI is InChI=1S/C16H16N2O4S/c1-22-11-4-5-12(17-8-11)13-3-2-6-18(13)15(19)14-7-10(9-23-14)16(20)21/h4-5,7-9,13H,2-3,6H2,1H3,(H,20,21). The lowest BCUT2D eigenvalue weighted by atomic mass is 10.1. The molecule has 0 saturated carbocycles. The number of hydrogen-bond donors (Lipinski definition) is 1. The van der Waals surface area contributed by atoms with Crippen LogP contribution in [0.5, 0.6) is 5.75 Å². The smallest absolute Gasteiger partial charge is 0.336 e. The first kappa shape index (κ1) is 15.5. The summed E-state index contributed by atoms with van der Waals surface area (Å²) in [7, 11) is 1.58. The fraction of sp³-hybridized carbons (Fsp3) is 0.312. The number of carboxylic acid groups (broad SMARTS) is 1. The zero-order valence-corrected chi connectivity index (χ0v) is 13.4. The zero-order valence-electron chi connectivity index (χ0n) is 12.6. The van der Waals surface area contributed by atoms with Gasteiger partial charge in [0, 0.05) is 11.9 Å². The molecular weight excluding hydrogens is 316 g/mol. The van der Waals surface area contributed by atoms with E-state index < -0.39 is 5.97 Å². The van der Waals surface area contributed by atoms with Gasteiger partial charge < -0.3 is 14.7 Å². The second-order valence-electron chi connectivity index (χ2n) is 5.28. The molecule has 0 bridgehead atoms. The van der Waals surface area contributed by atoms with Crippen LogP contribution in [0.3, 0.4) is 0 Å². The Morgan fingerprint density at radius 3 is 2.87 bits per heavy atom. The summed E-state index contributed by atoms with van der Waals surface area (Å²) in [5, 5.41) is 10.5. The van der Waals surface area contributed by atoms with E-state index in [1.165, 1.54) is 11.4 Å². The van der Waals surface area contributed by atoms with Crippen molar-refractivity contribution < 1.29 is 19.4 Å². The Kier molecular flexibility index (Phi) is 4.29. The number of pyridine rings is 1. The van der Waals surface area contributed by atoms with Crippen molar-refractivity contribution in [3.63, 3.8) is 0 Å². The van der Waals surface area contributed by atoms with Crippen LogP contribution in [-0.4, -0.2) is 40.5 Å². The topological polar surface area (TPSA) is 79.7 Å². The van der Waals surface area contributed by atoms with Crippen molar-refractivity contribution in [2.24, 2.45) is 0 Å². The quantitative estimate of drug-likeness (QED) is 0.931. The van der Waals surface area contributed by atoms with E-state index in [4.69, 9.17) is 9.84 Å². The van der Waals surface area contributed by atoms with E-state index in [-0.39, 0.29) is 17.5 Å². The van der Waals surface area contributed by atoms with Crippen LogP contribution in [0.1, 0.15) is 44.6 Å². The van der Waals surface area contributed by atoms with Crippen LogP contribution < -0.4 is 4.74 Å². The van der Waals surface area contributed by atoms with E-state index in [2.05, 4.69) is 4.98 Å². The van der Waals surface area contributed by atoms with Gasteiger partial charge in [-0.2, -0.15) is 0 Å². The van der Waals surface area contributed by atoms with Gasteiger partial charge in [-0.25, -0.2) is 4.79 Å². The fourth-order valence-electron chi connectivity index (χ4n) is 2.73. The van der Waals surface area contributed by atoms with E-state index in [9.17, 15) is 9.59 Å². The number of methoxy groups -OCH3 is 1. The van der Waals surface area contributed by atoms with Crippen LogP contribution in [0.15, 0.2) is 29.8 Å². The first-order chi connectivity index (χ1) is 11.1. The molecule has 1 atom stereocenters. The molecule has 0 spiro atoms. The first-order valence-corrected chi connectivity index (χ1v) is 8.11. The van der Waals surface area contributed by atoms with Crippen molar-refractivity contribution in [1.82, 2.24) is 9.88 Å². The third-order valence-corrected chi connectivity index (χ3v) is 4.83. The number of aromatic carboxylic acids is 1. The second kappa shape index (κ2) is 6.37. The maximum absolute atomic E-state index is 12.7. The number of nitrogens with zero attached hydrogens (tertiary/aromatic N) is 2.